The second-order valence-electron chi connectivity index (χ2n) is 4.42. The Hall–Kier alpha value is -2.16. The van der Waals surface area contributed by atoms with Crippen LogP contribution in [0.1, 0.15) is 27.0 Å². The lowest BCUT2D eigenvalue weighted by Crippen LogP contribution is -2.24. The lowest BCUT2D eigenvalue weighted by atomic mass is 10.1. The van der Waals surface area contributed by atoms with Gasteiger partial charge in [0.2, 0.25) is 0 Å². The summed E-state index contributed by atoms with van der Waals surface area (Å²) in [5.41, 5.74) is 2.54. The molecule has 1 heterocycles. The van der Waals surface area contributed by atoms with Crippen LogP contribution >= 0.6 is 11.3 Å². The number of hydrogen-bond acceptors (Lipinski definition) is 3. The van der Waals surface area contributed by atoms with Crippen molar-refractivity contribution in [3.8, 4) is 11.8 Å². The van der Waals surface area contributed by atoms with Gasteiger partial charge in [-0.25, -0.2) is 4.39 Å². The van der Waals surface area contributed by atoms with E-state index in [2.05, 4.69) is 17.2 Å². The van der Waals surface area contributed by atoms with Crippen LogP contribution < -0.4 is 5.32 Å². The quantitative estimate of drug-likeness (QED) is 0.856. The number of benzene rings is 1. The molecule has 2 aromatic rings. The molecule has 0 radical (unpaired) electrons. The van der Waals surface area contributed by atoms with E-state index in [0.717, 1.165) is 11.1 Å². The zero-order valence-corrected chi connectivity index (χ0v) is 12.3. The minimum atomic E-state index is -0.626. The lowest BCUT2D eigenvalue weighted by molar-refractivity contribution is 0.0947. The normalized spacial score (nSPS) is 9.86. The number of rotatable bonds is 3. The van der Waals surface area contributed by atoms with Gasteiger partial charge in [0.15, 0.2) is 0 Å². The Morgan fingerprint density at radius 2 is 2.24 bits per heavy atom. The van der Waals surface area contributed by atoms with Crippen LogP contribution in [0.25, 0.3) is 0 Å². The van der Waals surface area contributed by atoms with E-state index < -0.39 is 11.7 Å². The van der Waals surface area contributed by atoms with Gasteiger partial charge in [0.05, 0.1) is 5.56 Å². The first-order valence-electron chi connectivity index (χ1n) is 6.31. The molecule has 0 aliphatic carbocycles. The van der Waals surface area contributed by atoms with E-state index in [4.69, 9.17) is 5.11 Å². The molecule has 0 bridgehead atoms. The number of amides is 1. The molecule has 0 aliphatic rings. The Kier molecular flexibility index (Phi) is 5.09. The Labute approximate surface area is 126 Å². The van der Waals surface area contributed by atoms with Crippen LogP contribution in [0.2, 0.25) is 0 Å². The van der Waals surface area contributed by atoms with E-state index in [1.54, 1.807) is 17.4 Å². The summed E-state index contributed by atoms with van der Waals surface area (Å²) < 4.78 is 13.9. The van der Waals surface area contributed by atoms with Gasteiger partial charge >= 0.3 is 0 Å². The average molecular weight is 303 g/mol. The van der Waals surface area contributed by atoms with E-state index >= 15 is 0 Å². The smallest absolute Gasteiger partial charge is 0.254 e. The minimum Gasteiger partial charge on any atom is -0.384 e. The second kappa shape index (κ2) is 7.02. The minimum absolute atomic E-state index is 0.0163. The van der Waals surface area contributed by atoms with Crippen LogP contribution in [0.15, 0.2) is 29.0 Å². The maximum absolute atomic E-state index is 13.9. The van der Waals surface area contributed by atoms with E-state index in [9.17, 15) is 9.18 Å². The molecule has 0 fully saturated rings. The predicted octanol–water partition coefficient (Wildman–Crippen LogP) is 2.47. The molecule has 1 aromatic heterocycles. The highest BCUT2D eigenvalue weighted by Gasteiger charge is 2.12. The number of nitrogens with one attached hydrogen (secondary N) is 1. The van der Waals surface area contributed by atoms with E-state index in [1.165, 1.54) is 12.1 Å². The fourth-order valence-corrected chi connectivity index (χ4v) is 2.61. The predicted molar refractivity (Wildman–Crippen MR) is 80.6 cm³/mol. The third-order valence-corrected chi connectivity index (χ3v) is 3.84. The summed E-state index contributed by atoms with van der Waals surface area (Å²) in [4.78, 5) is 12.0. The summed E-state index contributed by atoms with van der Waals surface area (Å²) in [7, 11) is 0. The first kappa shape index (κ1) is 15.2. The molecule has 1 aromatic carbocycles. The summed E-state index contributed by atoms with van der Waals surface area (Å²) in [5.74, 6) is 3.94. The molecule has 0 aliphatic heterocycles. The molecular weight excluding hydrogens is 289 g/mol. The van der Waals surface area contributed by atoms with Crippen LogP contribution in [0.3, 0.4) is 0 Å². The van der Waals surface area contributed by atoms with Crippen LogP contribution in [0, 0.1) is 24.6 Å². The third-order valence-electron chi connectivity index (χ3n) is 2.93. The lowest BCUT2D eigenvalue weighted by Gasteiger charge is -2.06. The van der Waals surface area contributed by atoms with Gasteiger partial charge in [-0.1, -0.05) is 11.8 Å². The first-order chi connectivity index (χ1) is 10.1. The van der Waals surface area contributed by atoms with Crippen molar-refractivity contribution in [2.75, 3.05) is 6.61 Å². The van der Waals surface area contributed by atoms with Gasteiger partial charge in [0.1, 0.15) is 12.4 Å². The fraction of sp³-hybridized carbons (Fsp3) is 0.188. The molecule has 21 heavy (non-hydrogen) atoms. The highest BCUT2D eigenvalue weighted by molar-refractivity contribution is 7.08. The average Bonchev–Trinajstić information content (AvgIpc) is 2.88. The molecule has 3 nitrogen and oxygen atoms in total. The van der Waals surface area contributed by atoms with Crippen molar-refractivity contribution >= 4 is 17.2 Å². The molecule has 0 spiro atoms. The van der Waals surface area contributed by atoms with Crippen molar-refractivity contribution in [3.05, 3.63) is 57.0 Å². The number of hydrogen-bond donors (Lipinski definition) is 2. The van der Waals surface area contributed by atoms with Crippen LogP contribution in [-0.2, 0) is 6.54 Å². The standard InChI is InChI=1S/C16H14FNO2S/c1-11-9-21-10-13(11)8-18-16(20)14-5-4-12(3-2-6-19)7-15(14)17/h4-5,7,9-10,19H,6,8H2,1H3,(H,18,20). The van der Waals surface area contributed by atoms with Crippen molar-refractivity contribution in [3.63, 3.8) is 0 Å². The number of thiophene rings is 1. The number of aliphatic hydroxyl groups is 1. The number of carbonyl (C=O) groups is 1. The molecule has 1 amide bonds. The number of carbonyl (C=O) groups excluding carboxylic acids is 1. The van der Waals surface area contributed by atoms with Gasteiger partial charge in [0, 0.05) is 12.1 Å². The Morgan fingerprint density at radius 3 is 2.86 bits per heavy atom. The van der Waals surface area contributed by atoms with Gasteiger partial charge in [0.25, 0.3) is 5.91 Å². The third kappa shape index (κ3) is 3.91. The summed E-state index contributed by atoms with van der Waals surface area (Å²) in [5, 5.41) is 15.2. The first-order valence-corrected chi connectivity index (χ1v) is 7.25. The number of aryl methyl sites for hydroxylation is 1. The molecule has 0 saturated carbocycles. The molecule has 5 heteroatoms. The van der Waals surface area contributed by atoms with Gasteiger partial charge < -0.3 is 10.4 Å². The van der Waals surface area contributed by atoms with E-state index in [-0.39, 0.29) is 12.2 Å². The zero-order valence-electron chi connectivity index (χ0n) is 11.4. The zero-order chi connectivity index (χ0) is 15.2. The van der Waals surface area contributed by atoms with Crippen molar-refractivity contribution < 1.29 is 14.3 Å². The molecule has 108 valence electrons. The maximum atomic E-state index is 13.9. The Bertz CT molecular complexity index is 713. The molecule has 2 rings (SSSR count). The summed E-state index contributed by atoms with van der Waals surface area (Å²) in [6.07, 6.45) is 0. The van der Waals surface area contributed by atoms with Crippen molar-refractivity contribution in [1.82, 2.24) is 5.32 Å². The summed E-state index contributed by atoms with van der Waals surface area (Å²) in [6.45, 7) is 2.05. The van der Waals surface area contributed by atoms with Gasteiger partial charge in [-0.2, -0.15) is 11.3 Å². The van der Waals surface area contributed by atoms with Crippen molar-refractivity contribution in [2.45, 2.75) is 13.5 Å². The highest BCUT2D eigenvalue weighted by atomic mass is 32.1. The fourth-order valence-electron chi connectivity index (χ4n) is 1.76. The van der Waals surface area contributed by atoms with Crippen LogP contribution in [0.5, 0.6) is 0 Å². The Morgan fingerprint density at radius 1 is 1.43 bits per heavy atom. The monoisotopic (exact) mass is 303 g/mol. The topological polar surface area (TPSA) is 49.3 Å². The van der Waals surface area contributed by atoms with Gasteiger partial charge in [-0.3, -0.25) is 4.79 Å². The van der Waals surface area contributed by atoms with E-state index in [1.807, 2.05) is 17.7 Å². The summed E-state index contributed by atoms with van der Waals surface area (Å²) in [6, 6.07) is 4.14. The van der Waals surface area contributed by atoms with Crippen LogP contribution in [0.4, 0.5) is 4.39 Å². The van der Waals surface area contributed by atoms with Crippen LogP contribution in [-0.4, -0.2) is 17.6 Å². The van der Waals surface area contributed by atoms with Crippen molar-refractivity contribution in [2.24, 2.45) is 0 Å². The molecule has 0 atom stereocenters. The van der Waals surface area contributed by atoms with Crippen molar-refractivity contribution in [1.29, 1.82) is 0 Å². The van der Waals surface area contributed by atoms with Gasteiger partial charge in [-0.15, -0.1) is 0 Å². The molecule has 2 N–H and O–H groups in total. The number of halogens is 1. The van der Waals surface area contributed by atoms with Gasteiger partial charge in [-0.05, 0) is 47.0 Å². The van der Waals surface area contributed by atoms with E-state index in [0.29, 0.717) is 12.1 Å². The maximum Gasteiger partial charge on any atom is 0.254 e. The molecular formula is C16H14FNO2S. The molecule has 0 unspecified atom stereocenters. The SMILES string of the molecule is Cc1cscc1CNC(=O)c1ccc(C#CCO)cc1F. The Balaban J connectivity index is 2.07. The highest BCUT2D eigenvalue weighted by Crippen LogP contribution is 2.14. The largest absolute Gasteiger partial charge is 0.384 e. The second-order valence-corrected chi connectivity index (χ2v) is 5.16. The number of aliphatic hydroxyl groups excluding tert-OH is 1. The molecule has 0 saturated heterocycles. The summed E-state index contributed by atoms with van der Waals surface area (Å²) >= 11 is 1.57.